The van der Waals surface area contributed by atoms with Gasteiger partial charge in [0.15, 0.2) is 0 Å². The van der Waals surface area contributed by atoms with E-state index in [1.807, 2.05) is 13.0 Å². The van der Waals surface area contributed by atoms with Crippen LogP contribution in [0.15, 0.2) is 24.3 Å². The third-order valence-electron chi connectivity index (χ3n) is 2.93. The molecule has 0 aliphatic heterocycles. The first-order valence-corrected chi connectivity index (χ1v) is 6.87. The maximum Gasteiger partial charge on any atom is 0.335 e. The molecule has 5 heteroatoms. The molecule has 2 N–H and O–H groups in total. The van der Waals surface area contributed by atoms with Crippen LogP contribution in [0.25, 0.3) is 0 Å². The van der Waals surface area contributed by atoms with Gasteiger partial charge in [-0.1, -0.05) is 25.0 Å². The summed E-state index contributed by atoms with van der Waals surface area (Å²) in [4.78, 5) is 24.4. The van der Waals surface area contributed by atoms with Crippen molar-refractivity contribution in [2.24, 2.45) is 0 Å². The van der Waals surface area contributed by atoms with Gasteiger partial charge in [0.1, 0.15) is 0 Å². The molecule has 1 aromatic carbocycles. The highest BCUT2D eigenvalue weighted by atomic mass is 16.4. The molecule has 0 fully saturated rings. The number of carbonyl (C=O) groups is 2. The van der Waals surface area contributed by atoms with Crippen molar-refractivity contribution in [2.45, 2.75) is 19.8 Å². The second kappa shape index (κ2) is 8.64. The lowest BCUT2D eigenvalue weighted by Crippen LogP contribution is -2.41. The third-order valence-corrected chi connectivity index (χ3v) is 2.93. The molecular weight excluding hydrogens is 268 g/mol. The van der Waals surface area contributed by atoms with Crippen molar-refractivity contribution in [2.75, 3.05) is 19.6 Å². The van der Waals surface area contributed by atoms with Gasteiger partial charge in [-0.3, -0.25) is 0 Å². The SMILES string of the molecule is C#CCN(CCC)C(=O)NCCc1cccc(C(=O)O)c1. The fraction of sp³-hybridized carbons (Fsp3) is 0.375. The number of aromatic carboxylic acids is 1. The van der Waals surface area contributed by atoms with Crippen LogP contribution in [0.4, 0.5) is 4.79 Å². The molecule has 5 nitrogen and oxygen atoms in total. The molecule has 0 heterocycles. The van der Waals surface area contributed by atoms with Crippen molar-refractivity contribution >= 4 is 12.0 Å². The lowest BCUT2D eigenvalue weighted by Gasteiger charge is -2.20. The Morgan fingerprint density at radius 2 is 2.19 bits per heavy atom. The van der Waals surface area contributed by atoms with Gasteiger partial charge in [0.2, 0.25) is 0 Å². The average Bonchev–Trinajstić information content (AvgIpc) is 2.47. The lowest BCUT2D eigenvalue weighted by molar-refractivity contribution is 0.0696. The molecule has 0 aliphatic rings. The van der Waals surface area contributed by atoms with Crippen LogP contribution in [0.3, 0.4) is 0 Å². The number of hydrogen-bond donors (Lipinski definition) is 2. The largest absolute Gasteiger partial charge is 0.478 e. The highest BCUT2D eigenvalue weighted by Crippen LogP contribution is 2.05. The summed E-state index contributed by atoms with van der Waals surface area (Å²) in [7, 11) is 0. The molecule has 0 aliphatic carbocycles. The number of carboxylic acids is 1. The number of terminal acetylenes is 1. The quantitative estimate of drug-likeness (QED) is 0.754. The summed E-state index contributed by atoms with van der Waals surface area (Å²) >= 11 is 0. The van der Waals surface area contributed by atoms with Crippen LogP contribution in [0.2, 0.25) is 0 Å². The van der Waals surface area contributed by atoms with Crippen molar-refractivity contribution in [3.63, 3.8) is 0 Å². The molecule has 0 atom stereocenters. The van der Waals surface area contributed by atoms with Gasteiger partial charge in [0, 0.05) is 13.1 Å². The van der Waals surface area contributed by atoms with E-state index in [0.29, 0.717) is 19.5 Å². The molecule has 2 amide bonds. The predicted molar refractivity (Wildman–Crippen MR) is 81.2 cm³/mol. The molecule has 0 saturated carbocycles. The summed E-state index contributed by atoms with van der Waals surface area (Å²) in [5, 5.41) is 11.7. The first-order valence-electron chi connectivity index (χ1n) is 6.87. The Bertz CT molecular complexity index is 535. The number of nitrogens with zero attached hydrogens (tertiary/aromatic N) is 1. The molecular formula is C16H20N2O3. The van der Waals surface area contributed by atoms with Crippen LogP contribution in [0.1, 0.15) is 29.3 Å². The van der Waals surface area contributed by atoms with Crippen molar-refractivity contribution in [3.05, 3.63) is 35.4 Å². The number of hydrogen-bond acceptors (Lipinski definition) is 2. The van der Waals surface area contributed by atoms with E-state index in [1.54, 1.807) is 23.1 Å². The van der Waals surface area contributed by atoms with E-state index in [2.05, 4.69) is 11.2 Å². The van der Waals surface area contributed by atoms with E-state index >= 15 is 0 Å². The number of benzene rings is 1. The fourth-order valence-corrected chi connectivity index (χ4v) is 1.92. The van der Waals surface area contributed by atoms with E-state index in [0.717, 1.165) is 12.0 Å². The summed E-state index contributed by atoms with van der Waals surface area (Å²) < 4.78 is 0. The Kier molecular flexibility index (Phi) is 6.82. The van der Waals surface area contributed by atoms with Crippen LogP contribution in [0, 0.1) is 12.3 Å². The summed E-state index contributed by atoms with van der Waals surface area (Å²) in [6.07, 6.45) is 6.65. The van der Waals surface area contributed by atoms with Crippen LogP contribution in [-0.4, -0.2) is 41.6 Å². The molecule has 0 bridgehead atoms. The number of carboxylic acid groups (broad SMARTS) is 1. The van der Waals surface area contributed by atoms with E-state index < -0.39 is 5.97 Å². The van der Waals surface area contributed by atoms with Crippen LogP contribution in [0.5, 0.6) is 0 Å². The second-order valence-corrected chi connectivity index (χ2v) is 4.61. The highest BCUT2D eigenvalue weighted by molar-refractivity contribution is 5.87. The Morgan fingerprint density at radius 3 is 2.81 bits per heavy atom. The van der Waals surface area contributed by atoms with E-state index in [1.165, 1.54) is 0 Å². The van der Waals surface area contributed by atoms with Crippen molar-refractivity contribution in [1.82, 2.24) is 10.2 Å². The first-order chi connectivity index (χ1) is 10.1. The normalized spacial score (nSPS) is 9.71. The molecule has 21 heavy (non-hydrogen) atoms. The number of nitrogens with one attached hydrogen (secondary N) is 1. The molecule has 0 unspecified atom stereocenters. The molecule has 0 aromatic heterocycles. The Balaban J connectivity index is 2.49. The zero-order chi connectivity index (χ0) is 15.7. The number of amides is 2. The van der Waals surface area contributed by atoms with Crippen molar-refractivity contribution in [3.8, 4) is 12.3 Å². The van der Waals surface area contributed by atoms with Gasteiger partial charge in [-0.05, 0) is 30.5 Å². The molecule has 0 radical (unpaired) electrons. The first kappa shape index (κ1) is 16.6. The van der Waals surface area contributed by atoms with Crippen LogP contribution < -0.4 is 5.32 Å². The minimum Gasteiger partial charge on any atom is -0.478 e. The summed E-state index contributed by atoms with van der Waals surface area (Å²) in [5.41, 5.74) is 1.12. The van der Waals surface area contributed by atoms with Crippen LogP contribution in [-0.2, 0) is 6.42 Å². The monoisotopic (exact) mass is 288 g/mol. The van der Waals surface area contributed by atoms with Crippen molar-refractivity contribution < 1.29 is 14.7 Å². The second-order valence-electron chi connectivity index (χ2n) is 4.61. The van der Waals surface area contributed by atoms with Gasteiger partial charge in [0.05, 0.1) is 12.1 Å². The highest BCUT2D eigenvalue weighted by Gasteiger charge is 2.10. The average molecular weight is 288 g/mol. The van der Waals surface area contributed by atoms with Gasteiger partial charge in [0.25, 0.3) is 0 Å². The molecule has 1 aromatic rings. The number of rotatable bonds is 7. The summed E-state index contributed by atoms with van der Waals surface area (Å²) in [6, 6.07) is 6.50. The summed E-state index contributed by atoms with van der Waals surface area (Å²) in [5.74, 6) is 1.51. The molecule has 0 spiro atoms. The van der Waals surface area contributed by atoms with Crippen LogP contribution >= 0.6 is 0 Å². The topological polar surface area (TPSA) is 69.6 Å². The zero-order valence-corrected chi connectivity index (χ0v) is 12.1. The number of carbonyl (C=O) groups excluding carboxylic acids is 1. The maximum atomic E-state index is 11.9. The van der Waals surface area contributed by atoms with E-state index in [9.17, 15) is 9.59 Å². The lowest BCUT2D eigenvalue weighted by atomic mass is 10.1. The van der Waals surface area contributed by atoms with E-state index in [4.69, 9.17) is 11.5 Å². The Morgan fingerprint density at radius 1 is 1.43 bits per heavy atom. The minimum absolute atomic E-state index is 0.191. The molecule has 1 rings (SSSR count). The summed E-state index contributed by atoms with van der Waals surface area (Å²) in [6.45, 7) is 3.32. The predicted octanol–water partition coefficient (Wildman–Crippen LogP) is 1.98. The molecule has 0 saturated heterocycles. The van der Waals surface area contributed by atoms with Gasteiger partial charge in [-0.2, -0.15) is 0 Å². The zero-order valence-electron chi connectivity index (χ0n) is 12.1. The fourth-order valence-electron chi connectivity index (χ4n) is 1.92. The number of urea groups is 1. The van der Waals surface area contributed by atoms with Gasteiger partial charge < -0.3 is 15.3 Å². The Hall–Kier alpha value is -2.48. The van der Waals surface area contributed by atoms with Gasteiger partial charge in [-0.15, -0.1) is 6.42 Å². The minimum atomic E-state index is -0.955. The molecule has 112 valence electrons. The van der Waals surface area contributed by atoms with Gasteiger partial charge in [-0.25, -0.2) is 9.59 Å². The van der Waals surface area contributed by atoms with Crippen molar-refractivity contribution in [1.29, 1.82) is 0 Å². The van der Waals surface area contributed by atoms with Gasteiger partial charge >= 0.3 is 12.0 Å². The third kappa shape index (κ3) is 5.57. The maximum absolute atomic E-state index is 11.9. The standard InChI is InChI=1S/C16H20N2O3/c1-3-10-18(11-4-2)16(21)17-9-8-13-6-5-7-14(12-13)15(19)20/h1,5-7,12H,4,8-11H2,2H3,(H,17,21)(H,19,20). The smallest absolute Gasteiger partial charge is 0.335 e. The van der Waals surface area contributed by atoms with E-state index in [-0.39, 0.29) is 18.1 Å². The Labute approximate surface area is 125 Å².